The van der Waals surface area contributed by atoms with E-state index in [4.69, 9.17) is 11.5 Å². The number of halogens is 3. The van der Waals surface area contributed by atoms with Crippen LogP contribution in [0.15, 0.2) is 18.2 Å². The lowest BCUT2D eigenvalue weighted by atomic mass is 9.96. The third kappa shape index (κ3) is 2.66. The molecule has 1 aromatic carbocycles. The molecule has 0 spiro atoms. The summed E-state index contributed by atoms with van der Waals surface area (Å²) in [5.41, 5.74) is 11.5. The highest BCUT2D eigenvalue weighted by Gasteiger charge is 2.38. The summed E-state index contributed by atoms with van der Waals surface area (Å²) in [4.78, 5) is 0. The molecular formula is C11H15F3N2. The van der Waals surface area contributed by atoms with Gasteiger partial charge in [-0.2, -0.15) is 13.2 Å². The Labute approximate surface area is 92.4 Å². The number of rotatable bonds is 2. The van der Waals surface area contributed by atoms with Crippen molar-refractivity contribution in [3.63, 3.8) is 0 Å². The first-order valence-corrected chi connectivity index (χ1v) is 4.95. The lowest BCUT2D eigenvalue weighted by Gasteiger charge is -2.19. The number of nitrogen functional groups attached to an aromatic ring is 1. The molecule has 90 valence electrons. The molecule has 1 aromatic rings. The van der Waals surface area contributed by atoms with Gasteiger partial charge in [0.2, 0.25) is 0 Å². The second kappa shape index (κ2) is 4.33. The fourth-order valence-corrected chi connectivity index (χ4v) is 1.40. The van der Waals surface area contributed by atoms with Gasteiger partial charge in [-0.15, -0.1) is 0 Å². The molecule has 0 aliphatic heterocycles. The third-order valence-electron chi connectivity index (χ3n) is 2.47. The maximum Gasteiger partial charge on any atom is 0.407 e. The zero-order chi connectivity index (χ0) is 12.5. The van der Waals surface area contributed by atoms with E-state index in [0.717, 1.165) is 5.56 Å². The Bertz CT molecular complexity index is 372. The molecule has 0 aliphatic rings. The van der Waals surface area contributed by atoms with Crippen LogP contribution in [0.4, 0.5) is 18.9 Å². The summed E-state index contributed by atoms with van der Waals surface area (Å²) in [5, 5.41) is 0. The van der Waals surface area contributed by atoms with Crippen LogP contribution in [0.1, 0.15) is 36.9 Å². The van der Waals surface area contributed by atoms with Gasteiger partial charge in [-0.25, -0.2) is 0 Å². The Morgan fingerprint density at radius 1 is 1.19 bits per heavy atom. The van der Waals surface area contributed by atoms with Crippen molar-refractivity contribution in [2.75, 3.05) is 5.73 Å². The van der Waals surface area contributed by atoms with Gasteiger partial charge >= 0.3 is 6.18 Å². The zero-order valence-corrected chi connectivity index (χ0v) is 9.18. The van der Waals surface area contributed by atoms with Gasteiger partial charge in [0, 0.05) is 11.3 Å². The Kier molecular flexibility index (Phi) is 3.48. The van der Waals surface area contributed by atoms with Gasteiger partial charge in [-0.1, -0.05) is 26.0 Å². The fourth-order valence-electron chi connectivity index (χ4n) is 1.40. The van der Waals surface area contributed by atoms with Gasteiger partial charge < -0.3 is 11.5 Å². The SMILES string of the molecule is CC(C)c1ccc(N)c([C@H](N)C(F)(F)F)c1. The summed E-state index contributed by atoms with van der Waals surface area (Å²) in [6.07, 6.45) is -4.47. The molecule has 0 heterocycles. The van der Waals surface area contributed by atoms with E-state index in [1.54, 1.807) is 6.07 Å². The molecule has 0 unspecified atom stereocenters. The molecule has 0 saturated heterocycles. The zero-order valence-electron chi connectivity index (χ0n) is 9.18. The van der Waals surface area contributed by atoms with Crippen molar-refractivity contribution in [1.29, 1.82) is 0 Å². The first-order chi connectivity index (χ1) is 7.23. The maximum atomic E-state index is 12.5. The van der Waals surface area contributed by atoms with Crippen LogP contribution in [0, 0.1) is 0 Å². The highest BCUT2D eigenvalue weighted by atomic mass is 19.4. The van der Waals surface area contributed by atoms with E-state index in [-0.39, 0.29) is 17.2 Å². The average molecular weight is 232 g/mol. The Morgan fingerprint density at radius 3 is 2.19 bits per heavy atom. The second-order valence-corrected chi connectivity index (χ2v) is 4.06. The van der Waals surface area contributed by atoms with Crippen molar-refractivity contribution >= 4 is 5.69 Å². The molecule has 1 rings (SSSR count). The molecule has 0 fully saturated rings. The summed E-state index contributed by atoms with van der Waals surface area (Å²) in [6.45, 7) is 3.79. The predicted molar refractivity (Wildman–Crippen MR) is 57.9 cm³/mol. The number of nitrogens with two attached hydrogens (primary N) is 2. The van der Waals surface area contributed by atoms with Gasteiger partial charge in [0.1, 0.15) is 6.04 Å². The molecular weight excluding hydrogens is 217 g/mol. The number of anilines is 1. The van der Waals surface area contributed by atoms with Crippen LogP contribution in [-0.2, 0) is 0 Å². The normalized spacial score (nSPS) is 14.2. The summed E-state index contributed by atoms with van der Waals surface area (Å²) < 4.78 is 37.4. The Balaban J connectivity index is 3.17. The average Bonchev–Trinajstić information content (AvgIpc) is 2.15. The van der Waals surface area contributed by atoms with Crippen molar-refractivity contribution in [3.8, 4) is 0 Å². The standard InChI is InChI=1S/C11H15F3N2/c1-6(2)7-3-4-9(15)8(5-7)10(16)11(12,13)14/h3-6,10H,15-16H2,1-2H3/t10-/m0/s1. The minimum Gasteiger partial charge on any atom is -0.398 e. The number of hydrogen-bond donors (Lipinski definition) is 2. The quantitative estimate of drug-likeness (QED) is 0.770. The van der Waals surface area contributed by atoms with Crippen LogP contribution in [-0.4, -0.2) is 6.18 Å². The Morgan fingerprint density at radius 2 is 1.75 bits per heavy atom. The van der Waals surface area contributed by atoms with Crippen LogP contribution in [0.3, 0.4) is 0 Å². The second-order valence-electron chi connectivity index (χ2n) is 4.06. The van der Waals surface area contributed by atoms with Crippen LogP contribution in [0.25, 0.3) is 0 Å². The molecule has 0 bridgehead atoms. The molecule has 1 atom stereocenters. The minimum absolute atomic E-state index is 0.0568. The van der Waals surface area contributed by atoms with Gasteiger partial charge in [0.15, 0.2) is 0 Å². The van der Waals surface area contributed by atoms with E-state index < -0.39 is 12.2 Å². The van der Waals surface area contributed by atoms with Crippen molar-refractivity contribution in [2.24, 2.45) is 5.73 Å². The largest absolute Gasteiger partial charge is 0.407 e. The van der Waals surface area contributed by atoms with Crippen molar-refractivity contribution in [1.82, 2.24) is 0 Å². The van der Waals surface area contributed by atoms with Gasteiger partial charge in [0.05, 0.1) is 0 Å². The molecule has 0 saturated carbocycles. The highest BCUT2D eigenvalue weighted by Crippen LogP contribution is 2.34. The fraction of sp³-hybridized carbons (Fsp3) is 0.455. The lowest BCUT2D eigenvalue weighted by molar-refractivity contribution is -0.149. The smallest absolute Gasteiger partial charge is 0.398 e. The first-order valence-electron chi connectivity index (χ1n) is 4.95. The van der Waals surface area contributed by atoms with Gasteiger partial charge in [-0.3, -0.25) is 0 Å². The summed E-state index contributed by atoms with van der Waals surface area (Å²) in [6, 6.07) is 2.59. The van der Waals surface area contributed by atoms with E-state index in [2.05, 4.69) is 0 Å². The van der Waals surface area contributed by atoms with Crippen LogP contribution in [0.2, 0.25) is 0 Å². The summed E-state index contributed by atoms with van der Waals surface area (Å²) in [5.74, 6) is 0.139. The van der Waals surface area contributed by atoms with Gasteiger partial charge in [0.25, 0.3) is 0 Å². The number of alkyl halides is 3. The number of hydrogen-bond acceptors (Lipinski definition) is 2. The molecule has 0 amide bonds. The van der Waals surface area contributed by atoms with Crippen molar-refractivity contribution in [3.05, 3.63) is 29.3 Å². The maximum absolute atomic E-state index is 12.5. The summed E-state index contributed by atoms with van der Waals surface area (Å²) >= 11 is 0. The third-order valence-corrected chi connectivity index (χ3v) is 2.47. The van der Waals surface area contributed by atoms with E-state index in [1.807, 2.05) is 13.8 Å². The molecule has 4 N–H and O–H groups in total. The minimum atomic E-state index is -4.47. The van der Waals surface area contributed by atoms with Crippen LogP contribution < -0.4 is 11.5 Å². The molecule has 0 aromatic heterocycles. The van der Waals surface area contributed by atoms with Crippen molar-refractivity contribution < 1.29 is 13.2 Å². The van der Waals surface area contributed by atoms with Gasteiger partial charge in [-0.05, 0) is 17.5 Å². The van der Waals surface area contributed by atoms with Crippen LogP contribution >= 0.6 is 0 Å². The molecule has 2 nitrogen and oxygen atoms in total. The molecule has 0 radical (unpaired) electrons. The Hall–Kier alpha value is -1.23. The van der Waals surface area contributed by atoms with Crippen molar-refractivity contribution in [2.45, 2.75) is 32.0 Å². The highest BCUT2D eigenvalue weighted by molar-refractivity contribution is 5.51. The van der Waals surface area contributed by atoms with Crippen LogP contribution in [0.5, 0.6) is 0 Å². The first kappa shape index (κ1) is 12.8. The monoisotopic (exact) mass is 232 g/mol. The van der Waals surface area contributed by atoms with E-state index >= 15 is 0 Å². The lowest BCUT2D eigenvalue weighted by Crippen LogP contribution is -2.29. The predicted octanol–water partition coefficient (Wildman–Crippen LogP) is 2.95. The topological polar surface area (TPSA) is 52.0 Å². The van der Waals surface area contributed by atoms with E-state index in [1.165, 1.54) is 12.1 Å². The number of benzene rings is 1. The van der Waals surface area contributed by atoms with E-state index in [0.29, 0.717) is 0 Å². The van der Waals surface area contributed by atoms with E-state index in [9.17, 15) is 13.2 Å². The molecule has 5 heteroatoms. The molecule has 0 aliphatic carbocycles. The summed E-state index contributed by atoms with van der Waals surface area (Å²) in [7, 11) is 0. The molecule has 16 heavy (non-hydrogen) atoms.